The highest BCUT2D eigenvalue weighted by atomic mass is 32.2. The molecule has 186 valence electrons. The smallest absolute Gasteiger partial charge is 0.407 e. The van der Waals surface area contributed by atoms with Crippen LogP contribution in [0.5, 0.6) is 11.5 Å². The summed E-state index contributed by atoms with van der Waals surface area (Å²) >= 11 is 0.837. The van der Waals surface area contributed by atoms with E-state index in [0.29, 0.717) is 23.7 Å². The number of benzene rings is 1. The highest BCUT2D eigenvalue weighted by molar-refractivity contribution is 8.18. The summed E-state index contributed by atoms with van der Waals surface area (Å²) in [5.41, 5.74) is 0.0717. The fourth-order valence-corrected chi connectivity index (χ4v) is 3.75. The number of methoxy groups -OCH3 is 1. The normalized spacial score (nSPS) is 14.9. The summed E-state index contributed by atoms with van der Waals surface area (Å²) in [4.78, 5) is 49.9. The van der Waals surface area contributed by atoms with Gasteiger partial charge in [-0.05, 0) is 63.2 Å². The molecule has 0 bridgehead atoms. The minimum Gasteiger partial charge on any atom is -0.493 e. The molecule has 1 aromatic carbocycles. The lowest BCUT2D eigenvalue weighted by Gasteiger charge is -2.19. The van der Waals surface area contributed by atoms with Crippen LogP contribution >= 0.6 is 11.8 Å². The van der Waals surface area contributed by atoms with Crippen molar-refractivity contribution in [3.05, 3.63) is 28.7 Å². The number of rotatable bonds is 10. The average Bonchev–Trinajstić information content (AvgIpc) is 3.01. The van der Waals surface area contributed by atoms with Crippen LogP contribution in [0.25, 0.3) is 6.08 Å². The largest absolute Gasteiger partial charge is 0.493 e. The molecule has 2 N–H and O–H groups in total. The molecule has 1 aromatic rings. The predicted octanol–water partition coefficient (Wildman–Crippen LogP) is 3.16. The molecule has 0 aromatic heterocycles. The van der Waals surface area contributed by atoms with Gasteiger partial charge < -0.3 is 24.8 Å². The fourth-order valence-electron chi connectivity index (χ4n) is 2.88. The molecule has 1 heterocycles. The Balaban J connectivity index is 1.84. The Morgan fingerprint density at radius 2 is 1.85 bits per heavy atom. The maximum absolute atomic E-state index is 12.7. The van der Waals surface area contributed by atoms with Crippen LogP contribution in [0.1, 0.15) is 39.7 Å². The van der Waals surface area contributed by atoms with Crippen molar-refractivity contribution in [3.8, 4) is 11.5 Å². The lowest BCUT2D eigenvalue weighted by molar-refractivity contribution is -0.124. The van der Waals surface area contributed by atoms with Crippen molar-refractivity contribution < 1.29 is 33.4 Å². The Labute approximate surface area is 203 Å². The molecule has 2 rings (SSSR count). The van der Waals surface area contributed by atoms with E-state index in [9.17, 15) is 19.2 Å². The van der Waals surface area contributed by atoms with E-state index in [1.54, 1.807) is 45.0 Å². The molecule has 1 fully saturated rings. The number of alkyl carbamates (subject to hydrolysis) is 1. The number of ether oxygens (including phenoxy) is 3. The Morgan fingerprint density at radius 1 is 1.12 bits per heavy atom. The van der Waals surface area contributed by atoms with Gasteiger partial charge in [0.15, 0.2) is 11.5 Å². The molecule has 34 heavy (non-hydrogen) atoms. The quantitative estimate of drug-likeness (QED) is 0.477. The van der Waals surface area contributed by atoms with Crippen LogP contribution in [0.3, 0.4) is 0 Å². The summed E-state index contributed by atoms with van der Waals surface area (Å²) in [5.74, 6) is 0.370. The van der Waals surface area contributed by atoms with Crippen LogP contribution in [0, 0.1) is 0 Å². The van der Waals surface area contributed by atoms with Gasteiger partial charge in [0.2, 0.25) is 5.91 Å². The maximum atomic E-state index is 12.7. The van der Waals surface area contributed by atoms with Crippen molar-refractivity contribution in [1.29, 1.82) is 0 Å². The van der Waals surface area contributed by atoms with E-state index in [1.165, 1.54) is 7.11 Å². The topological polar surface area (TPSA) is 123 Å². The number of thioether (sulfide) groups is 1. The van der Waals surface area contributed by atoms with Crippen molar-refractivity contribution in [1.82, 2.24) is 15.5 Å². The number of hydrogen-bond donors (Lipinski definition) is 2. The van der Waals surface area contributed by atoms with Gasteiger partial charge in [-0.1, -0.05) is 6.07 Å². The minimum absolute atomic E-state index is 0.0415. The Kier molecular flexibility index (Phi) is 9.79. The summed E-state index contributed by atoms with van der Waals surface area (Å²) in [6, 6.07) is 5.24. The summed E-state index contributed by atoms with van der Waals surface area (Å²) in [7, 11) is 1.53. The number of nitrogens with one attached hydrogen (secondary N) is 2. The van der Waals surface area contributed by atoms with Crippen LogP contribution in [-0.2, 0) is 14.3 Å². The Hall–Kier alpha value is -3.21. The monoisotopic (exact) mass is 493 g/mol. The molecule has 11 heteroatoms. The van der Waals surface area contributed by atoms with Gasteiger partial charge in [0.05, 0.1) is 18.6 Å². The van der Waals surface area contributed by atoms with Crippen LogP contribution in [-0.4, -0.2) is 67.0 Å². The van der Waals surface area contributed by atoms with E-state index in [1.807, 2.05) is 6.92 Å². The van der Waals surface area contributed by atoms with Crippen molar-refractivity contribution in [2.45, 2.75) is 39.7 Å². The minimum atomic E-state index is -0.620. The molecule has 10 nitrogen and oxygen atoms in total. The average molecular weight is 494 g/mol. The number of nitrogens with zero attached hydrogens (tertiary/aromatic N) is 1. The molecule has 0 saturated carbocycles. The number of carbonyl (C=O) groups excluding carboxylic acids is 4. The first-order chi connectivity index (χ1) is 16.0. The number of hydrogen-bond acceptors (Lipinski definition) is 8. The number of imide groups is 1. The maximum Gasteiger partial charge on any atom is 0.407 e. The van der Waals surface area contributed by atoms with Crippen molar-refractivity contribution >= 4 is 41.0 Å². The van der Waals surface area contributed by atoms with E-state index in [0.717, 1.165) is 16.7 Å². The van der Waals surface area contributed by atoms with Crippen molar-refractivity contribution in [3.63, 3.8) is 0 Å². The van der Waals surface area contributed by atoms with Gasteiger partial charge in [-0.15, -0.1) is 0 Å². The third-order valence-corrected chi connectivity index (χ3v) is 5.24. The molecular formula is C23H31N3O7S. The first-order valence-corrected chi connectivity index (χ1v) is 11.7. The van der Waals surface area contributed by atoms with Crippen LogP contribution < -0.4 is 20.1 Å². The summed E-state index contributed by atoms with van der Waals surface area (Å²) in [6.07, 6.45) is 1.06. The van der Waals surface area contributed by atoms with Gasteiger partial charge >= 0.3 is 6.09 Å². The van der Waals surface area contributed by atoms with Gasteiger partial charge in [-0.25, -0.2) is 4.79 Å². The lowest BCUT2D eigenvalue weighted by Crippen LogP contribution is -2.39. The zero-order valence-electron chi connectivity index (χ0n) is 20.1. The van der Waals surface area contributed by atoms with Crippen LogP contribution in [0.2, 0.25) is 0 Å². The fraction of sp³-hybridized carbons (Fsp3) is 0.478. The zero-order chi connectivity index (χ0) is 25.3. The van der Waals surface area contributed by atoms with Crippen molar-refractivity contribution in [2.75, 3.05) is 33.4 Å². The van der Waals surface area contributed by atoms with E-state index in [2.05, 4.69) is 10.6 Å². The highest BCUT2D eigenvalue weighted by Crippen LogP contribution is 2.34. The first kappa shape index (κ1) is 27.0. The molecule has 1 aliphatic heterocycles. The second-order valence-electron chi connectivity index (χ2n) is 8.21. The third-order valence-electron chi connectivity index (χ3n) is 4.34. The lowest BCUT2D eigenvalue weighted by atomic mass is 10.2. The molecule has 4 amide bonds. The standard InChI is InChI=1S/C23H31N3O7S/c1-6-32-16-8-7-15(13-17(16)31-5)14-18-20(28)26(22(30)34-18)12-11-24-19(27)9-10-25-21(29)33-23(2,3)4/h7-8,13-14H,6,9-12H2,1-5H3,(H,24,27)(H,25,29)/b18-14+. The SMILES string of the molecule is CCOc1ccc(/C=C2/SC(=O)N(CCNC(=O)CCNC(=O)OC(C)(C)C)C2=O)cc1OC. The molecule has 0 spiro atoms. The van der Waals surface area contributed by atoms with Crippen LogP contribution in [0.15, 0.2) is 23.1 Å². The summed E-state index contributed by atoms with van der Waals surface area (Å²) < 4.78 is 15.9. The van der Waals surface area contributed by atoms with Crippen molar-refractivity contribution in [2.24, 2.45) is 0 Å². The molecule has 0 atom stereocenters. The molecule has 0 aliphatic carbocycles. The van der Waals surface area contributed by atoms with E-state index in [-0.39, 0.29) is 36.9 Å². The predicted molar refractivity (Wildman–Crippen MR) is 129 cm³/mol. The summed E-state index contributed by atoms with van der Waals surface area (Å²) in [6.45, 7) is 7.85. The Bertz CT molecular complexity index is 956. The molecule has 0 unspecified atom stereocenters. The molecular weight excluding hydrogens is 462 g/mol. The van der Waals surface area contributed by atoms with Gasteiger partial charge in [0, 0.05) is 26.1 Å². The van der Waals surface area contributed by atoms with Gasteiger partial charge in [-0.3, -0.25) is 19.3 Å². The third kappa shape index (κ3) is 8.29. The molecule has 0 radical (unpaired) electrons. The van der Waals surface area contributed by atoms with Crippen LogP contribution in [0.4, 0.5) is 9.59 Å². The molecule has 1 saturated heterocycles. The second kappa shape index (κ2) is 12.3. The van der Waals surface area contributed by atoms with Gasteiger partial charge in [0.25, 0.3) is 11.1 Å². The van der Waals surface area contributed by atoms with E-state index >= 15 is 0 Å². The van der Waals surface area contributed by atoms with Gasteiger partial charge in [-0.2, -0.15) is 0 Å². The number of carbonyl (C=O) groups is 4. The van der Waals surface area contributed by atoms with Gasteiger partial charge in [0.1, 0.15) is 5.60 Å². The Morgan fingerprint density at radius 3 is 2.50 bits per heavy atom. The number of amides is 4. The highest BCUT2D eigenvalue weighted by Gasteiger charge is 2.34. The first-order valence-electron chi connectivity index (χ1n) is 10.8. The van der Waals surface area contributed by atoms with E-state index in [4.69, 9.17) is 14.2 Å². The molecule has 1 aliphatic rings. The summed E-state index contributed by atoms with van der Waals surface area (Å²) in [5, 5.41) is 4.72. The van der Waals surface area contributed by atoms with E-state index < -0.39 is 22.8 Å². The second-order valence-corrected chi connectivity index (χ2v) is 9.20. The zero-order valence-corrected chi connectivity index (χ0v) is 20.9.